The van der Waals surface area contributed by atoms with Crippen LogP contribution in [0.1, 0.15) is 20.9 Å². The summed E-state index contributed by atoms with van der Waals surface area (Å²) in [6, 6.07) is 12.3. The van der Waals surface area contributed by atoms with Crippen LogP contribution in [-0.4, -0.2) is 23.0 Å². The average molecular weight is 339 g/mol. The maximum absolute atomic E-state index is 11.5. The number of aromatic amines is 2. The summed E-state index contributed by atoms with van der Waals surface area (Å²) < 4.78 is 4.73. The van der Waals surface area contributed by atoms with Crippen LogP contribution in [0.4, 0.5) is 0 Å². The van der Waals surface area contributed by atoms with Gasteiger partial charge in [-0.05, 0) is 29.1 Å². The molecule has 0 atom stereocenters. The summed E-state index contributed by atoms with van der Waals surface area (Å²) in [7, 11) is 1.39. The number of carbonyl (C=O) groups is 1. The Morgan fingerprint density at radius 2 is 2.12 bits per heavy atom. The van der Waals surface area contributed by atoms with Crippen LogP contribution in [0.15, 0.2) is 42.6 Å². The number of H-pyrrole nitrogens is 2. The standard InChI is InChI=1S/C18H17N3O2S/c1-23-18(22)15-8-13-7-14(24-17(13)21-15)10-19-9-12-4-2-3-11-5-6-20-16(11)12/h2-8,19-21H,9-10H2,1H3. The van der Waals surface area contributed by atoms with E-state index in [-0.39, 0.29) is 5.97 Å². The van der Waals surface area contributed by atoms with Crippen LogP contribution in [-0.2, 0) is 17.8 Å². The van der Waals surface area contributed by atoms with Crippen molar-refractivity contribution in [1.29, 1.82) is 0 Å². The maximum Gasteiger partial charge on any atom is 0.354 e. The number of esters is 1. The molecular formula is C18H17N3O2S. The quantitative estimate of drug-likeness (QED) is 0.485. The molecule has 0 aliphatic heterocycles. The molecule has 3 aromatic heterocycles. The first-order valence-electron chi connectivity index (χ1n) is 7.70. The van der Waals surface area contributed by atoms with E-state index in [4.69, 9.17) is 4.74 Å². The highest BCUT2D eigenvalue weighted by molar-refractivity contribution is 7.18. The lowest BCUT2D eigenvalue weighted by Crippen LogP contribution is -2.12. The van der Waals surface area contributed by atoms with Gasteiger partial charge in [0, 0.05) is 35.1 Å². The molecule has 1 aromatic carbocycles. The van der Waals surface area contributed by atoms with Gasteiger partial charge in [0.1, 0.15) is 10.5 Å². The third-order valence-corrected chi connectivity index (χ3v) is 5.12. The number of thiophene rings is 1. The van der Waals surface area contributed by atoms with Crippen molar-refractivity contribution in [2.45, 2.75) is 13.1 Å². The van der Waals surface area contributed by atoms with Crippen LogP contribution >= 0.6 is 11.3 Å². The van der Waals surface area contributed by atoms with Crippen LogP contribution < -0.4 is 5.32 Å². The van der Waals surface area contributed by atoms with Gasteiger partial charge in [0.2, 0.25) is 0 Å². The lowest BCUT2D eigenvalue weighted by Gasteiger charge is -2.05. The van der Waals surface area contributed by atoms with Crippen molar-refractivity contribution < 1.29 is 9.53 Å². The molecule has 0 unspecified atom stereocenters. The molecule has 122 valence electrons. The van der Waals surface area contributed by atoms with Crippen LogP contribution in [0, 0.1) is 0 Å². The number of rotatable bonds is 5. The zero-order chi connectivity index (χ0) is 16.5. The van der Waals surface area contributed by atoms with Crippen molar-refractivity contribution in [1.82, 2.24) is 15.3 Å². The lowest BCUT2D eigenvalue weighted by molar-refractivity contribution is 0.0595. The van der Waals surface area contributed by atoms with Crippen molar-refractivity contribution in [2.75, 3.05) is 7.11 Å². The predicted molar refractivity (Wildman–Crippen MR) is 96.4 cm³/mol. The normalized spacial score (nSPS) is 11.4. The lowest BCUT2D eigenvalue weighted by atomic mass is 10.1. The molecule has 5 nitrogen and oxygen atoms in total. The first-order valence-corrected chi connectivity index (χ1v) is 8.51. The molecule has 6 heteroatoms. The second kappa shape index (κ2) is 6.14. The number of nitrogens with one attached hydrogen (secondary N) is 3. The second-order valence-electron chi connectivity index (χ2n) is 5.63. The van der Waals surface area contributed by atoms with Crippen molar-refractivity contribution in [3.05, 3.63) is 58.7 Å². The number of methoxy groups -OCH3 is 1. The fourth-order valence-electron chi connectivity index (χ4n) is 2.90. The van der Waals surface area contributed by atoms with Gasteiger partial charge in [0.15, 0.2) is 0 Å². The van der Waals surface area contributed by atoms with E-state index >= 15 is 0 Å². The molecule has 0 amide bonds. The summed E-state index contributed by atoms with van der Waals surface area (Å²) in [6.45, 7) is 1.59. The molecular weight excluding hydrogens is 322 g/mol. The number of fused-ring (bicyclic) bond motifs is 2. The van der Waals surface area contributed by atoms with Crippen molar-refractivity contribution in [3.8, 4) is 0 Å². The van der Waals surface area contributed by atoms with E-state index in [1.54, 1.807) is 11.3 Å². The Bertz CT molecular complexity index is 980. The molecule has 3 heterocycles. The Labute approximate surface area is 142 Å². The minimum absolute atomic E-state index is 0.336. The number of carbonyl (C=O) groups excluding carboxylic acids is 1. The number of hydrogen-bond acceptors (Lipinski definition) is 4. The second-order valence-corrected chi connectivity index (χ2v) is 6.77. The van der Waals surface area contributed by atoms with E-state index in [1.807, 2.05) is 12.3 Å². The van der Waals surface area contributed by atoms with E-state index in [9.17, 15) is 4.79 Å². The summed E-state index contributed by atoms with van der Waals surface area (Å²) >= 11 is 1.65. The molecule has 0 fully saturated rings. The molecule has 0 aliphatic carbocycles. The van der Waals surface area contributed by atoms with Crippen molar-refractivity contribution in [3.63, 3.8) is 0 Å². The largest absolute Gasteiger partial charge is 0.464 e. The fraction of sp³-hybridized carbons (Fsp3) is 0.167. The van der Waals surface area contributed by atoms with E-state index in [1.165, 1.54) is 28.5 Å². The smallest absolute Gasteiger partial charge is 0.354 e. The first-order chi connectivity index (χ1) is 11.7. The molecule has 0 saturated heterocycles. The fourth-order valence-corrected chi connectivity index (χ4v) is 3.92. The molecule has 4 aromatic rings. The van der Waals surface area contributed by atoms with Crippen LogP contribution in [0.2, 0.25) is 0 Å². The molecule has 24 heavy (non-hydrogen) atoms. The molecule has 0 aliphatic rings. The van der Waals surface area contributed by atoms with Gasteiger partial charge in [-0.15, -0.1) is 11.3 Å². The number of ether oxygens (including phenoxy) is 1. The Morgan fingerprint density at radius 3 is 2.96 bits per heavy atom. The Kier molecular flexibility index (Phi) is 3.84. The molecule has 0 radical (unpaired) electrons. The molecule has 0 bridgehead atoms. The van der Waals surface area contributed by atoms with Crippen LogP contribution in [0.25, 0.3) is 21.1 Å². The topological polar surface area (TPSA) is 69.9 Å². The van der Waals surface area contributed by atoms with Gasteiger partial charge in [0.25, 0.3) is 0 Å². The van der Waals surface area contributed by atoms with Gasteiger partial charge in [-0.25, -0.2) is 4.79 Å². The van der Waals surface area contributed by atoms with Gasteiger partial charge < -0.3 is 20.0 Å². The highest BCUT2D eigenvalue weighted by Crippen LogP contribution is 2.26. The summed E-state index contributed by atoms with van der Waals surface area (Å²) in [4.78, 5) is 20.1. The Hall–Kier alpha value is -2.57. The number of para-hydroxylation sites is 1. The van der Waals surface area contributed by atoms with Crippen LogP contribution in [0.3, 0.4) is 0 Å². The summed E-state index contributed by atoms with van der Waals surface area (Å²) in [6.07, 6.45) is 1.97. The molecule has 0 saturated carbocycles. The van der Waals surface area contributed by atoms with Gasteiger partial charge in [-0.3, -0.25) is 0 Å². The zero-order valence-electron chi connectivity index (χ0n) is 13.2. The minimum atomic E-state index is -0.336. The highest BCUT2D eigenvalue weighted by atomic mass is 32.1. The predicted octanol–water partition coefficient (Wildman–Crippen LogP) is 3.79. The van der Waals surface area contributed by atoms with Gasteiger partial charge in [-0.1, -0.05) is 18.2 Å². The third-order valence-electron chi connectivity index (χ3n) is 4.05. The zero-order valence-corrected chi connectivity index (χ0v) is 14.0. The van der Waals surface area contributed by atoms with Gasteiger partial charge >= 0.3 is 5.97 Å². The van der Waals surface area contributed by atoms with E-state index in [2.05, 4.69) is 45.6 Å². The average Bonchev–Trinajstić information content (AvgIpc) is 3.28. The summed E-state index contributed by atoms with van der Waals surface area (Å²) in [5.74, 6) is -0.336. The van der Waals surface area contributed by atoms with Crippen molar-refractivity contribution >= 4 is 38.4 Å². The van der Waals surface area contributed by atoms with Crippen molar-refractivity contribution in [2.24, 2.45) is 0 Å². The first kappa shape index (κ1) is 15.0. The highest BCUT2D eigenvalue weighted by Gasteiger charge is 2.12. The minimum Gasteiger partial charge on any atom is -0.464 e. The van der Waals surface area contributed by atoms with E-state index < -0.39 is 0 Å². The number of benzene rings is 1. The third kappa shape index (κ3) is 2.70. The summed E-state index contributed by atoms with van der Waals surface area (Å²) in [5.41, 5.74) is 2.94. The SMILES string of the molecule is COC(=O)c1cc2cc(CNCc3cccc4cc[nH]c34)sc2[nH]1. The molecule has 0 spiro atoms. The Morgan fingerprint density at radius 1 is 1.21 bits per heavy atom. The maximum atomic E-state index is 11.5. The van der Waals surface area contributed by atoms with Crippen LogP contribution in [0.5, 0.6) is 0 Å². The van der Waals surface area contributed by atoms with Gasteiger partial charge in [-0.2, -0.15) is 0 Å². The molecule has 4 rings (SSSR count). The monoisotopic (exact) mass is 339 g/mol. The van der Waals surface area contributed by atoms with E-state index in [0.717, 1.165) is 23.3 Å². The number of aromatic nitrogens is 2. The molecule has 3 N–H and O–H groups in total. The van der Waals surface area contributed by atoms with E-state index in [0.29, 0.717) is 5.69 Å². The summed E-state index contributed by atoms with van der Waals surface area (Å²) in [5, 5.41) is 5.76. The van der Waals surface area contributed by atoms with Gasteiger partial charge in [0.05, 0.1) is 7.11 Å². The number of hydrogen-bond donors (Lipinski definition) is 3. The Balaban J connectivity index is 1.44.